The summed E-state index contributed by atoms with van der Waals surface area (Å²) in [5.74, 6) is 0. The van der Waals surface area contributed by atoms with Crippen molar-refractivity contribution in [3.05, 3.63) is 29.8 Å². The van der Waals surface area contributed by atoms with Crippen LogP contribution in [0.4, 0.5) is 0 Å². The van der Waals surface area contributed by atoms with Crippen molar-refractivity contribution < 1.29 is 4.55 Å². The summed E-state index contributed by atoms with van der Waals surface area (Å²) in [6.45, 7) is 6.49. The van der Waals surface area contributed by atoms with E-state index in [-0.39, 0.29) is 5.41 Å². The molecule has 1 rings (SSSR count). The van der Waals surface area contributed by atoms with Crippen LogP contribution in [0, 0.1) is 0 Å². The Morgan fingerprint density at radius 3 is 2.00 bits per heavy atom. The first kappa shape index (κ1) is 11.6. The first-order valence-electron chi connectivity index (χ1n) is 4.65. The molecule has 0 aliphatic rings. The SMILES string of the molecule is CN[S+]([O-])c1ccc(C(C)(C)C)cc1. The maximum absolute atomic E-state index is 11.4. The Morgan fingerprint density at radius 2 is 1.64 bits per heavy atom. The molecule has 1 atom stereocenters. The topological polar surface area (TPSA) is 35.1 Å². The van der Waals surface area contributed by atoms with Crippen LogP contribution in [0.25, 0.3) is 0 Å². The van der Waals surface area contributed by atoms with E-state index in [0.717, 1.165) is 4.90 Å². The fourth-order valence-corrected chi connectivity index (χ4v) is 1.82. The lowest BCUT2D eigenvalue weighted by Crippen LogP contribution is -2.19. The number of hydrogen-bond donors (Lipinski definition) is 1. The Labute approximate surface area is 89.0 Å². The van der Waals surface area contributed by atoms with Crippen molar-refractivity contribution in [1.82, 2.24) is 4.72 Å². The molecule has 1 aromatic rings. The largest absolute Gasteiger partial charge is 0.593 e. The fourth-order valence-electron chi connectivity index (χ4n) is 1.20. The van der Waals surface area contributed by atoms with Crippen LogP contribution in [-0.4, -0.2) is 11.6 Å². The van der Waals surface area contributed by atoms with Gasteiger partial charge in [0.2, 0.25) is 0 Å². The molecule has 0 radical (unpaired) electrons. The molecular formula is C11H17NOS. The van der Waals surface area contributed by atoms with Gasteiger partial charge in [-0.1, -0.05) is 32.9 Å². The van der Waals surface area contributed by atoms with E-state index in [1.165, 1.54) is 5.56 Å². The quantitative estimate of drug-likeness (QED) is 0.761. The third-order valence-electron chi connectivity index (χ3n) is 2.12. The molecule has 0 fully saturated rings. The van der Waals surface area contributed by atoms with E-state index < -0.39 is 11.4 Å². The average molecular weight is 211 g/mol. The molecule has 0 saturated carbocycles. The zero-order chi connectivity index (χ0) is 10.8. The van der Waals surface area contributed by atoms with Gasteiger partial charge in [-0.3, -0.25) is 0 Å². The second kappa shape index (κ2) is 4.34. The minimum Gasteiger partial charge on any atom is -0.593 e. The van der Waals surface area contributed by atoms with Gasteiger partial charge in [0, 0.05) is 7.05 Å². The molecule has 1 unspecified atom stereocenters. The number of hydrogen-bond acceptors (Lipinski definition) is 2. The van der Waals surface area contributed by atoms with E-state index in [1.807, 2.05) is 24.3 Å². The van der Waals surface area contributed by atoms with Gasteiger partial charge in [-0.25, -0.2) is 0 Å². The summed E-state index contributed by atoms with van der Waals surface area (Å²) in [4.78, 5) is 0.820. The summed E-state index contributed by atoms with van der Waals surface area (Å²) < 4.78 is 14.1. The van der Waals surface area contributed by atoms with Gasteiger partial charge in [-0.2, -0.15) is 0 Å². The molecule has 0 aromatic heterocycles. The molecular weight excluding hydrogens is 194 g/mol. The minimum atomic E-state index is -1.08. The second-order valence-electron chi connectivity index (χ2n) is 4.25. The molecule has 0 heterocycles. The normalized spacial score (nSPS) is 14.1. The number of rotatable bonds is 2. The van der Waals surface area contributed by atoms with Gasteiger partial charge in [0.25, 0.3) is 0 Å². The summed E-state index contributed by atoms with van der Waals surface area (Å²) in [5.41, 5.74) is 1.41. The highest BCUT2D eigenvalue weighted by Gasteiger charge is 2.15. The first-order valence-corrected chi connectivity index (χ1v) is 5.80. The Hall–Kier alpha value is -0.510. The maximum Gasteiger partial charge on any atom is 0.173 e. The van der Waals surface area contributed by atoms with Crippen molar-refractivity contribution in [2.75, 3.05) is 7.05 Å². The van der Waals surface area contributed by atoms with Crippen LogP contribution in [0.2, 0.25) is 0 Å². The molecule has 0 saturated heterocycles. The highest BCUT2D eigenvalue weighted by atomic mass is 32.2. The third-order valence-corrected chi connectivity index (χ3v) is 3.19. The van der Waals surface area contributed by atoms with Gasteiger partial charge in [-0.15, -0.1) is 4.72 Å². The molecule has 0 aliphatic heterocycles. The Morgan fingerprint density at radius 1 is 1.14 bits per heavy atom. The summed E-state index contributed by atoms with van der Waals surface area (Å²) in [6.07, 6.45) is 0. The average Bonchev–Trinajstić information content (AvgIpc) is 2.15. The van der Waals surface area contributed by atoms with Crippen LogP contribution >= 0.6 is 0 Å². The Balaban J connectivity index is 2.89. The Bertz CT molecular complexity index is 289. The van der Waals surface area contributed by atoms with Crippen molar-refractivity contribution in [3.8, 4) is 0 Å². The van der Waals surface area contributed by atoms with Gasteiger partial charge < -0.3 is 4.55 Å². The van der Waals surface area contributed by atoms with E-state index in [2.05, 4.69) is 25.5 Å². The van der Waals surface area contributed by atoms with E-state index in [4.69, 9.17) is 0 Å². The summed E-state index contributed by atoms with van der Waals surface area (Å²) >= 11 is -1.08. The van der Waals surface area contributed by atoms with E-state index in [9.17, 15) is 4.55 Å². The van der Waals surface area contributed by atoms with E-state index >= 15 is 0 Å². The highest BCUT2D eigenvalue weighted by molar-refractivity contribution is 7.89. The minimum absolute atomic E-state index is 0.152. The molecule has 0 amide bonds. The van der Waals surface area contributed by atoms with E-state index in [0.29, 0.717) is 0 Å². The molecule has 78 valence electrons. The Kier molecular flexibility index (Phi) is 3.59. The number of nitrogens with one attached hydrogen (secondary N) is 1. The fraction of sp³-hybridized carbons (Fsp3) is 0.455. The second-order valence-corrected chi connectivity index (χ2v) is 5.66. The summed E-state index contributed by atoms with van der Waals surface area (Å²) in [6, 6.07) is 7.88. The van der Waals surface area contributed by atoms with Crippen molar-refractivity contribution in [2.45, 2.75) is 31.1 Å². The van der Waals surface area contributed by atoms with Gasteiger partial charge in [0.1, 0.15) is 0 Å². The summed E-state index contributed by atoms with van der Waals surface area (Å²) in [5, 5.41) is 0. The molecule has 2 nitrogen and oxygen atoms in total. The lowest BCUT2D eigenvalue weighted by atomic mass is 9.87. The smallest absolute Gasteiger partial charge is 0.173 e. The summed E-state index contributed by atoms with van der Waals surface area (Å²) in [7, 11) is 1.69. The molecule has 0 aliphatic carbocycles. The molecule has 0 spiro atoms. The molecule has 0 bridgehead atoms. The van der Waals surface area contributed by atoms with E-state index in [1.54, 1.807) is 7.05 Å². The number of benzene rings is 1. The molecule has 1 aromatic carbocycles. The third kappa shape index (κ3) is 2.74. The molecule has 3 heteroatoms. The van der Waals surface area contributed by atoms with Gasteiger partial charge in [0.05, 0.1) is 11.4 Å². The predicted molar refractivity (Wildman–Crippen MR) is 60.6 cm³/mol. The zero-order valence-corrected chi connectivity index (χ0v) is 9.94. The van der Waals surface area contributed by atoms with Crippen LogP contribution in [0.3, 0.4) is 0 Å². The van der Waals surface area contributed by atoms with Crippen molar-refractivity contribution in [3.63, 3.8) is 0 Å². The van der Waals surface area contributed by atoms with Crippen molar-refractivity contribution in [1.29, 1.82) is 0 Å². The zero-order valence-electron chi connectivity index (χ0n) is 9.13. The van der Waals surface area contributed by atoms with Gasteiger partial charge >= 0.3 is 0 Å². The standard InChI is InChI=1S/C11H17NOS/c1-11(2,3)9-5-7-10(8-6-9)14(13)12-4/h5-8,12H,1-4H3. The van der Waals surface area contributed by atoms with Crippen LogP contribution in [0.1, 0.15) is 26.3 Å². The maximum atomic E-state index is 11.4. The molecule has 1 N–H and O–H groups in total. The lowest BCUT2D eigenvalue weighted by molar-refractivity contribution is 0.582. The monoisotopic (exact) mass is 211 g/mol. The van der Waals surface area contributed by atoms with Crippen LogP contribution in [0.15, 0.2) is 29.2 Å². The predicted octanol–water partition coefficient (Wildman–Crippen LogP) is 2.23. The lowest BCUT2D eigenvalue weighted by Gasteiger charge is -2.19. The molecule has 14 heavy (non-hydrogen) atoms. The van der Waals surface area contributed by atoms with Crippen LogP contribution in [0.5, 0.6) is 0 Å². The van der Waals surface area contributed by atoms with Crippen molar-refractivity contribution in [2.24, 2.45) is 0 Å². The van der Waals surface area contributed by atoms with Gasteiger partial charge in [0.15, 0.2) is 4.90 Å². The van der Waals surface area contributed by atoms with Crippen LogP contribution in [-0.2, 0) is 16.8 Å². The van der Waals surface area contributed by atoms with Crippen LogP contribution < -0.4 is 4.72 Å². The van der Waals surface area contributed by atoms with Crippen molar-refractivity contribution >= 4 is 11.4 Å². The van der Waals surface area contributed by atoms with Gasteiger partial charge in [-0.05, 0) is 23.1 Å². The highest BCUT2D eigenvalue weighted by Crippen LogP contribution is 2.23. The first-order chi connectivity index (χ1) is 6.45.